The first kappa shape index (κ1) is 26.3. The average molecular weight is 553 g/mol. The fourth-order valence-electron chi connectivity index (χ4n) is 3.81. The number of rotatable bonds is 9. The van der Waals surface area contributed by atoms with Gasteiger partial charge in [-0.1, -0.05) is 30.3 Å². The topological polar surface area (TPSA) is 69.1 Å². The Morgan fingerprint density at radius 1 is 1.16 bits per heavy atom. The molecule has 0 spiro atoms. The van der Waals surface area contributed by atoms with Crippen LogP contribution in [0.15, 0.2) is 59.6 Å². The maximum absolute atomic E-state index is 10.6. The summed E-state index contributed by atoms with van der Waals surface area (Å²) in [6, 6.07) is 18.2. The maximum Gasteiger partial charge on any atom is 0.191 e. The average Bonchev–Trinajstić information content (AvgIpc) is 3.25. The number of nitrogens with zero attached hydrogens (tertiary/aromatic N) is 2. The van der Waals surface area contributed by atoms with Gasteiger partial charge in [0, 0.05) is 31.9 Å². The van der Waals surface area contributed by atoms with Gasteiger partial charge in [0.05, 0.1) is 18.8 Å². The van der Waals surface area contributed by atoms with Gasteiger partial charge in [0.1, 0.15) is 5.75 Å². The predicted molar refractivity (Wildman–Crippen MR) is 143 cm³/mol. The Hall–Kier alpha value is -2.00. The first-order chi connectivity index (χ1) is 15.0. The fourth-order valence-corrected chi connectivity index (χ4v) is 3.81. The van der Waals surface area contributed by atoms with Crippen molar-refractivity contribution in [3.05, 3.63) is 60.2 Å². The van der Waals surface area contributed by atoms with Crippen molar-refractivity contribution in [2.75, 3.05) is 37.6 Å². The number of halogens is 1. The van der Waals surface area contributed by atoms with Crippen LogP contribution >= 0.6 is 24.0 Å². The molecule has 1 saturated heterocycles. The van der Waals surface area contributed by atoms with Crippen LogP contribution in [0.5, 0.6) is 5.75 Å². The summed E-state index contributed by atoms with van der Waals surface area (Å²) in [4.78, 5) is 7.05. The Morgan fingerprint density at radius 3 is 2.66 bits per heavy atom. The van der Waals surface area contributed by atoms with Crippen LogP contribution in [0.4, 0.5) is 5.69 Å². The van der Waals surface area contributed by atoms with Gasteiger partial charge in [0.15, 0.2) is 5.96 Å². The number of anilines is 1. The standard InChI is InChI=1S/C25H36N4O2.HI/c1-4-26-25(27-16-20-13-14-29(18-20)22-10-6-5-7-11-22)28-17-24(30)21-9-8-12-23(15-21)31-19(2)3;/h5-12,15,19-20,24,30H,4,13-14,16-18H2,1-3H3,(H2,26,27,28);1H. The van der Waals surface area contributed by atoms with Crippen LogP contribution in [-0.4, -0.2) is 49.9 Å². The second kappa shape index (κ2) is 13.5. The molecular formula is C25H37IN4O2. The van der Waals surface area contributed by atoms with Gasteiger partial charge in [-0.05, 0) is 62.9 Å². The molecule has 0 aromatic heterocycles. The lowest BCUT2D eigenvalue weighted by molar-refractivity contribution is 0.185. The van der Waals surface area contributed by atoms with Gasteiger partial charge < -0.3 is 25.4 Å². The summed E-state index contributed by atoms with van der Waals surface area (Å²) in [5.74, 6) is 2.08. The second-order valence-electron chi connectivity index (χ2n) is 8.29. The molecule has 0 saturated carbocycles. The molecule has 1 heterocycles. The molecule has 0 aliphatic carbocycles. The molecule has 3 rings (SSSR count). The maximum atomic E-state index is 10.6. The van der Waals surface area contributed by atoms with E-state index in [4.69, 9.17) is 4.74 Å². The minimum Gasteiger partial charge on any atom is -0.491 e. The number of nitrogens with one attached hydrogen (secondary N) is 2. The van der Waals surface area contributed by atoms with Crippen LogP contribution in [-0.2, 0) is 0 Å². The van der Waals surface area contributed by atoms with Crippen molar-refractivity contribution in [2.45, 2.75) is 39.4 Å². The van der Waals surface area contributed by atoms with Crippen molar-refractivity contribution in [3.63, 3.8) is 0 Å². The van der Waals surface area contributed by atoms with E-state index in [1.807, 2.05) is 45.0 Å². The molecule has 1 aliphatic rings. The molecule has 176 valence electrons. The smallest absolute Gasteiger partial charge is 0.191 e. The third-order valence-electron chi connectivity index (χ3n) is 5.35. The zero-order valence-electron chi connectivity index (χ0n) is 19.3. The summed E-state index contributed by atoms with van der Waals surface area (Å²) in [7, 11) is 0. The highest BCUT2D eigenvalue weighted by Gasteiger charge is 2.22. The van der Waals surface area contributed by atoms with Crippen molar-refractivity contribution in [1.82, 2.24) is 10.6 Å². The van der Waals surface area contributed by atoms with Crippen molar-refractivity contribution >= 4 is 35.6 Å². The predicted octanol–water partition coefficient (Wildman–Crippen LogP) is 4.21. The SMILES string of the molecule is CCNC(=NCC(O)c1cccc(OC(C)C)c1)NCC1CCN(c2ccccc2)C1.I. The first-order valence-corrected chi connectivity index (χ1v) is 11.3. The molecule has 32 heavy (non-hydrogen) atoms. The Balaban J connectivity index is 0.00000363. The van der Waals surface area contributed by atoms with Crippen LogP contribution < -0.4 is 20.3 Å². The van der Waals surface area contributed by atoms with Crippen LogP contribution in [0.25, 0.3) is 0 Å². The van der Waals surface area contributed by atoms with Crippen molar-refractivity contribution in [1.29, 1.82) is 0 Å². The lowest BCUT2D eigenvalue weighted by Crippen LogP contribution is -2.40. The molecule has 0 amide bonds. The number of ether oxygens (including phenoxy) is 1. The van der Waals surface area contributed by atoms with Crippen LogP contribution in [0, 0.1) is 5.92 Å². The van der Waals surface area contributed by atoms with Gasteiger partial charge in [-0.25, -0.2) is 0 Å². The highest BCUT2D eigenvalue weighted by molar-refractivity contribution is 14.0. The largest absolute Gasteiger partial charge is 0.491 e. The van der Waals surface area contributed by atoms with E-state index in [0.717, 1.165) is 49.9 Å². The number of aliphatic hydroxyl groups excluding tert-OH is 1. The molecule has 2 atom stereocenters. The number of para-hydroxylation sites is 1. The first-order valence-electron chi connectivity index (χ1n) is 11.3. The van der Waals surface area contributed by atoms with E-state index in [1.165, 1.54) is 5.69 Å². The van der Waals surface area contributed by atoms with Gasteiger partial charge in [0.2, 0.25) is 0 Å². The normalized spacial score (nSPS) is 17.1. The summed E-state index contributed by atoms with van der Waals surface area (Å²) < 4.78 is 5.73. The quantitative estimate of drug-likeness (QED) is 0.247. The van der Waals surface area contributed by atoms with E-state index in [9.17, 15) is 5.11 Å². The monoisotopic (exact) mass is 552 g/mol. The lowest BCUT2D eigenvalue weighted by Gasteiger charge is -2.19. The van der Waals surface area contributed by atoms with Crippen molar-refractivity contribution in [2.24, 2.45) is 10.9 Å². The molecule has 2 aromatic carbocycles. The molecule has 1 fully saturated rings. The van der Waals surface area contributed by atoms with Crippen LogP contribution in [0.2, 0.25) is 0 Å². The van der Waals surface area contributed by atoms with E-state index >= 15 is 0 Å². The van der Waals surface area contributed by atoms with E-state index < -0.39 is 6.10 Å². The number of benzene rings is 2. The molecule has 6 nitrogen and oxygen atoms in total. The van der Waals surface area contributed by atoms with Gasteiger partial charge in [0.25, 0.3) is 0 Å². The molecule has 2 unspecified atom stereocenters. The summed E-state index contributed by atoms with van der Waals surface area (Å²) in [5, 5.41) is 17.4. The van der Waals surface area contributed by atoms with E-state index in [2.05, 4.69) is 50.9 Å². The van der Waals surface area contributed by atoms with E-state index in [0.29, 0.717) is 12.5 Å². The minimum atomic E-state index is -0.675. The summed E-state index contributed by atoms with van der Waals surface area (Å²) in [6.07, 6.45) is 0.585. The summed E-state index contributed by atoms with van der Waals surface area (Å²) >= 11 is 0. The molecular weight excluding hydrogens is 515 g/mol. The van der Waals surface area contributed by atoms with Gasteiger partial charge in [-0.3, -0.25) is 4.99 Å². The fraction of sp³-hybridized carbons (Fsp3) is 0.480. The summed E-state index contributed by atoms with van der Waals surface area (Å²) in [6.45, 7) is 10.1. The number of hydrogen-bond acceptors (Lipinski definition) is 4. The van der Waals surface area contributed by atoms with E-state index in [-0.39, 0.29) is 30.1 Å². The molecule has 0 bridgehead atoms. The number of guanidine groups is 1. The Labute approximate surface area is 209 Å². The lowest BCUT2D eigenvalue weighted by atomic mass is 10.1. The highest BCUT2D eigenvalue weighted by atomic mass is 127. The van der Waals surface area contributed by atoms with Crippen molar-refractivity contribution in [3.8, 4) is 5.75 Å². The number of aliphatic imine (C=N–C) groups is 1. The zero-order valence-corrected chi connectivity index (χ0v) is 21.7. The Bertz CT molecular complexity index is 832. The molecule has 3 N–H and O–H groups in total. The van der Waals surface area contributed by atoms with Crippen LogP contribution in [0.3, 0.4) is 0 Å². The Kier molecular flexibility index (Phi) is 11.1. The zero-order chi connectivity index (χ0) is 22.1. The third kappa shape index (κ3) is 8.16. The molecule has 2 aromatic rings. The van der Waals surface area contributed by atoms with Gasteiger partial charge >= 0.3 is 0 Å². The van der Waals surface area contributed by atoms with Crippen LogP contribution in [0.1, 0.15) is 38.9 Å². The third-order valence-corrected chi connectivity index (χ3v) is 5.35. The summed E-state index contributed by atoms with van der Waals surface area (Å²) in [5.41, 5.74) is 2.10. The Morgan fingerprint density at radius 2 is 1.94 bits per heavy atom. The highest BCUT2D eigenvalue weighted by Crippen LogP contribution is 2.23. The number of hydrogen-bond donors (Lipinski definition) is 3. The van der Waals surface area contributed by atoms with Gasteiger partial charge in [-0.15, -0.1) is 24.0 Å². The molecule has 1 aliphatic heterocycles. The minimum absolute atomic E-state index is 0. The van der Waals surface area contributed by atoms with E-state index in [1.54, 1.807) is 0 Å². The molecule has 7 heteroatoms. The van der Waals surface area contributed by atoms with Gasteiger partial charge in [-0.2, -0.15) is 0 Å². The number of aliphatic hydroxyl groups is 1. The molecule has 0 radical (unpaired) electrons. The van der Waals surface area contributed by atoms with Crippen molar-refractivity contribution < 1.29 is 9.84 Å². The second-order valence-corrected chi connectivity index (χ2v) is 8.29.